The third-order valence-electron chi connectivity index (χ3n) is 3.23. The number of nitrogens with one attached hydrogen (secondary N) is 1. The van der Waals surface area contributed by atoms with Gasteiger partial charge in [0.15, 0.2) is 0 Å². The van der Waals surface area contributed by atoms with Crippen LogP contribution in [0, 0.1) is 0 Å². The minimum absolute atomic E-state index is 0.00953. The van der Waals surface area contributed by atoms with Crippen LogP contribution in [0.4, 0.5) is 5.69 Å². The molecule has 1 N–H and O–H groups in total. The van der Waals surface area contributed by atoms with E-state index >= 15 is 0 Å². The van der Waals surface area contributed by atoms with Crippen LogP contribution in [0.1, 0.15) is 15.9 Å². The van der Waals surface area contributed by atoms with Gasteiger partial charge in [-0.15, -0.1) is 0 Å². The summed E-state index contributed by atoms with van der Waals surface area (Å²) in [4.78, 5) is 18.3. The van der Waals surface area contributed by atoms with Crippen molar-refractivity contribution in [2.45, 2.75) is 6.42 Å². The van der Waals surface area contributed by atoms with Crippen molar-refractivity contribution in [3.05, 3.63) is 59.9 Å². The number of carbonyl (C=O) groups excluding carboxylic acids is 1. The lowest BCUT2D eigenvalue weighted by molar-refractivity contribution is 0.0992. The van der Waals surface area contributed by atoms with Gasteiger partial charge < -0.3 is 10.2 Å². The predicted octanol–water partition coefficient (Wildman–Crippen LogP) is 2.12. The summed E-state index contributed by atoms with van der Waals surface area (Å²) in [5, 5.41) is 3.11. The van der Waals surface area contributed by atoms with E-state index in [4.69, 9.17) is 0 Å². The summed E-state index contributed by atoms with van der Waals surface area (Å²) in [5.41, 5.74) is 2.60. The third kappa shape index (κ3) is 3.22. The Hall–Kier alpha value is -2.20. The number of benzene rings is 1. The average molecular weight is 269 g/mol. The molecule has 4 nitrogen and oxygen atoms in total. The number of pyridine rings is 1. The van der Waals surface area contributed by atoms with Crippen molar-refractivity contribution in [3.63, 3.8) is 0 Å². The molecule has 0 unspecified atom stereocenters. The van der Waals surface area contributed by atoms with Crippen LogP contribution in [0.5, 0.6) is 0 Å². The molecule has 0 saturated heterocycles. The standard InChI is InChI=1S/C16H19N3O/c1-17-11-9-13-6-3-4-8-15(13)16(20)19(2)14-7-5-10-18-12-14/h3-8,10,12,17H,9,11H2,1-2H3. The summed E-state index contributed by atoms with van der Waals surface area (Å²) in [5.74, 6) is -0.00953. The Kier molecular flexibility index (Phi) is 4.85. The maximum Gasteiger partial charge on any atom is 0.258 e. The fraction of sp³-hybridized carbons (Fsp3) is 0.250. The first-order chi connectivity index (χ1) is 9.74. The second-order valence-electron chi connectivity index (χ2n) is 4.59. The molecule has 20 heavy (non-hydrogen) atoms. The van der Waals surface area contributed by atoms with Crippen LogP contribution >= 0.6 is 0 Å². The monoisotopic (exact) mass is 269 g/mol. The maximum atomic E-state index is 12.6. The molecule has 0 saturated carbocycles. The number of nitrogens with zero attached hydrogens (tertiary/aromatic N) is 2. The van der Waals surface area contributed by atoms with Crippen molar-refractivity contribution in [1.82, 2.24) is 10.3 Å². The summed E-state index contributed by atoms with van der Waals surface area (Å²) < 4.78 is 0. The molecule has 0 atom stereocenters. The summed E-state index contributed by atoms with van der Waals surface area (Å²) in [6.07, 6.45) is 4.22. The van der Waals surface area contributed by atoms with Gasteiger partial charge >= 0.3 is 0 Å². The topological polar surface area (TPSA) is 45.2 Å². The largest absolute Gasteiger partial charge is 0.319 e. The molecule has 0 bridgehead atoms. The fourth-order valence-corrected chi connectivity index (χ4v) is 2.06. The van der Waals surface area contributed by atoms with Crippen LogP contribution in [0.3, 0.4) is 0 Å². The van der Waals surface area contributed by atoms with Gasteiger partial charge in [0, 0.05) is 18.8 Å². The Balaban J connectivity index is 2.25. The molecular weight excluding hydrogens is 250 g/mol. The molecule has 4 heteroatoms. The van der Waals surface area contributed by atoms with E-state index in [1.807, 2.05) is 43.4 Å². The van der Waals surface area contributed by atoms with Gasteiger partial charge in [-0.2, -0.15) is 0 Å². The summed E-state index contributed by atoms with van der Waals surface area (Å²) >= 11 is 0. The zero-order valence-corrected chi connectivity index (χ0v) is 11.8. The van der Waals surface area contributed by atoms with Crippen LogP contribution in [0.2, 0.25) is 0 Å². The highest BCUT2D eigenvalue weighted by molar-refractivity contribution is 6.06. The lowest BCUT2D eigenvalue weighted by atomic mass is 10.0. The number of aromatic nitrogens is 1. The van der Waals surface area contributed by atoms with Crippen LogP contribution in [-0.4, -0.2) is 31.5 Å². The van der Waals surface area contributed by atoms with Crippen molar-refractivity contribution in [2.75, 3.05) is 25.5 Å². The molecular formula is C16H19N3O. The van der Waals surface area contributed by atoms with E-state index < -0.39 is 0 Å². The van der Waals surface area contributed by atoms with Crippen LogP contribution in [0.25, 0.3) is 0 Å². The minimum atomic E-state index is -0.00953. The Labute approximate surface area is 119 Å². The van der Waals surface area contributed by atoms with Crippen LogP contribution in [0.15, 0.2) is 48.8 Å². The number of anilines is 1. The number of carbonyl (C=O) groups is 1. The highest BCUT2D eigenvalue weighted by Crippen LogP contribution is 2.17. The number of likely N-dealkylation sites (N-methyl/N-ethyl adjacent to an activating group) is 1. The zero-order chi connectivity index (χ0) is 14.4. The van der Waals surface area contributed by atoms with Crippen molar-refractivity contribution in [3.8, 4) is 0 Å². The lowest BCUT2D eigenvalue weighted by Gasteiger charge is -2.18. The van der Waals surface area contributed by atoms with E-state index in [0.717, 1.165) is 29.8 Å². The first-order valence-corrected chi connectivity index (χ1v) is 6.64. The van der Waals surface area contributed by atoms with Gasteiger partial charge in [0.1, 0.15) is 0 Å². The molecule has 0 radical (unpaired) electrons. The molecule has 1 aromatic heterocycles. The molecule has 104 valence electrons. The van der Waals surface area contributed by atoms with Gasteiger partial charge in [-0.3, -0.25) is 9.78 Å². The Morgan fingerprint density at radius 2 is 2.05 bits per heavy atom. The highest BCUT2D eigenvalue weighted by Gasteiger charge is 2.16. The van der Waals surface area contributed by atoms with Crippen LogP contribution in [-0.2, 0) is 6.42 Å². The van der Waals surface area contributed by atoms with Crippen molar-refractivity contribution in [2.24, 2.45) is 0 Å². The second-order valence-corrected chi connectivity index (χ2v) is 4.59. The molecule has 0 fully saturated rings. The van der Waals surface area contributed by atoms with Crippen molar-refractivity contribution in [1.29, 1.82) is 0 Å². The first kappa shape index (κ1) is 14.2. The summed E-state index contributed by atoms with van der Waals surface area (Å²) in [6.45, 7) is 0.848. The third-order valence-corrected chi connectivity index (χ3v) is 3.23. The van der Waals surface area contributed by atoms with Crippen molar-refractivity contribution < 1.29 is 4.79 Å². The maximum absolute atomic E-state index is 12.6. The fourth-order valence-electron chi connectivity index (χ4n) is 2.06. The lowest BCUT2D eigenvalue weighted by Crippen LogP contribution is -2.27. The quantitative estimate of drug-likeness (QED) is 0.904. The number of hydrogen-bond donors (Lipinski definition) is 1. The van der Waals surface area contributed by atoms with E-state index in [0.29, 0.717) is 0 Å². The zero-order valence-electron chi connectivity index (χ0n) is 11.8. The number of rotatable bonds is 5. The molecule has 1 heterocycles. The molecule has 2 aromatic rings. The normalized spacial score (nSPS) is 10.3. The van der Waals surface area contributed by atoms with E-state index in [1.54, 1.807) is 24.3 Å². The molecule has 1 aromatic carbocycles. The molecule has 2 rings (SSSR count). The van der Waals surface area contributed by atoms with Crippen molar-refractivity contribution >= 4 is 11.6 Å². The van der Waals surface area contributed by atoms with Gasteiger partial charge in [0.2, 0.25) is 0 Å². The SMILES string of the molecule is CNCCc1ccccc1C(=O)N(C)c1cccnc1. The summed E-state index contributed by atoms with van der Waals surface area (Å²) in [6, 6.07) is 11.4. The summed E-state index contributed by atoms with van der Waals surface area (Å²) in [7, 11) is 3.68. The van der Waals surface area contributed by atoms with Gasteiger partial charge in [0.25, 0.3) is 5.91 Å². The molecule has 0 aliphatic rings. The van der Waals surface area contributed by atoms with E-state index in [-0.39, 0.29) is 5.91 Å². The first-order valence-electron chi connectivity index (χ1n) is 6.64. The minimum Gasteiger partial charge on any atom is -0.319 e. The number of amides is 1. The predicted molar refractivity (Wildman–Crippen MR) is 81.0 cm³/mol. The second kappa shape index (κ2) is 6.82. The smallest absolute Gasteiger partial charge is 0.258 e. The average Bonchev–Trinajstić information content (AvgIpc) is 2.52. The molecule has 0 spiro atoms. The van der Waals surface area contributed by atoms with Gasteiger partial charge in [-0.05, 0) is 43.8 Å². The van der Waals surface area contributed by atoms with Gasteiger partial charge in [0.05, 0.1) is 11.9 Å². The van der Waals surface area contributed by atoms with Crippen LogP contribution < -0.4 is 10.2 Å². The van der Waals surface area contributed by atoms with E-state index in [1.165, 1.54) is 0 Å². The van der Waals surface area contributed by atoms with Gasteiger partial charge in [-0.25, -0.2) is 0 Å². The van der Waals surface area contributed by atoms with Gasteiger partial charge in [-0.1, -0.05) is 18.2 Å². The molecule has 1 amide bonds. The van der Waals surface area contributed by atoms with E-state index in [9.17, 15) is 4.79 Å². The molecule has 0 aliphatic carbocycles. The Morgan fingerprint density at radius 3 is 2.75 bits per heavy atom. The Bertz CT molecular complexity index is 569. The Morgan fingerprint density at radius 1 is 1.25 bits per heavy atom. The number of hydrogen-bond acceptors (Lipinski definition) is 3. The van der Waals surface area contributed by atoms with E-state index in [2.05, 4.69) is 10.3 Å². The molecule has 0 aliphatic heterocycles. The highest BCUT2D eigenvalue weighted by atomic mass is 16.2.